The lowest BCUT2D eigenvalue weighted by Gasteiger charge is -2.18. The highest BCUT2D eigenvalue weighted by atomic mass is 31.2. The fraction of sp³-hybridized carbons (Fsp3) is 0.605. The minimum absolute atomic E-state index is 0.127. The minimum Gasteiger partial charge on any atom is -0.480 e. The molecule has 0 aromatic carbocycles. The fourth-order valence-electron chi connectivity index (χ4n) is 4.79. The second-order valence-electron chi connectivity index (χ2n) is 13.1. The molecule has 0 saturated heterocycles. The molecule has 0 aromatic heterocycles. The van der Waals surface area contributed by atoms with Crippen LogP contribution in [0.2, 0.25) is 0 Å². The lowest BCUT2D eigenvalue weighted by atomic mass is 10.1. The summed E-state index contributed by atoms with van der Waals surface area (Å²) in [6, 6.07) is -1.56. The van der Waals surface area contributed by atoms with Gasteiger partial charge in [0, 0.05) is 12.8 Å². The van der Waals surface area contributed by atoms with Crippen molar-refractivity contribution in [3.63, 3.8) is 0 Å². The number of carboxylic acids is 1. The topological polar surface area (TPSA) is 169 Å². The fourth-order valence-corrected chi connectivity index (χ4v) is 5.56. The summed E-state index contributed by atoms with van der Waals surface area (Å²) < 4.78 is 26.7. The van der Waals surface area contributed by atoms with E-state index in [1.807, 2.05) is 0 Å². The van der Waals surface area contributed by atoms with Gasteiger partial charge in [0.25, 0.3) is 0 Å². The van der Waals surface area contributed by atoms with Crippen LogP contribution in [0, 0.1) is 0 Å². The highest BCUT2D eigenvalue weighted by Crippen LogP contribution is 2.43. The molecule has 0 spiro atoms. The number of hydrogen-bond acceptors (Lipinski definition) is 8. The molecule has 0 rings (SSSR count). The molecule has 1 amide bonds. The van der Waals surface area contributed by atoms with Gasteiger partial charge in [-0.2, -0.15) is 0 Å². The number of aliphatic hydroxyl groups is 1. The van der Waals surface area contributed by atoms with Gasteiger partial charge in [-0.25, -0.2) is 9.36 Å². The Kier molecular flexibility index (Phi) is 35.3. The first-order chi connectivity index (χ1) is 26.6. The number of rotatable bonds is 36. The molecule has 3 atom stereocenters. The maximum Gasteiger partial charge on any atom is 0.472 e. The average Bonchev–Trinajstić information content (AvgIpc) is 3.16. The second-order valence-corrected chi connectivity index (χ2v) is 14.5. The molecule has 4 N–H and O–H groups in total. The zero-order valence-corrected chi connectivity index (χ0v) is 34.3. The van der Waals surface area contributed by atoms with Crippen LogP contribution in [-0.4, -0.2) is 64.9 Å². The molecule has 0 bridgehead atoms. The molecular formula is C43H70NO10P. The Balaban J connectivity index is 4.01. The maximum absolute atomic E-state index is 12.2. The van der Waals surface area contributed by atoms with E-state index < -0.39 is 57.6 Å². The molecule has 12 heteroatoms. The summed E-state index contributed by atoms with van der Waals surface area (Å²) in [5.74, 6) is -2.45. The number of esters is 1. The van der Waals surface area contributed by atoms with Crippen LogP contribution in [0.15, 0.2) is 85.1 Å². The van der Waals surface area contributed by atoms with Crippen molar-refractivity contribution in [1.82, 2.24) is 5.32 Å². The van der Waals surface area contributed by atoms with E-state index >= 15 is 0 Å². The van der Waals surface area contributed by atoms with Gasteiger partial charge in [-0.05, 0) is 83.5 Å². The Morgan fingerprint density at radius 1 is 0.600 bits per heavy atom. The quantitative estimate of drug-likeness (QED) is 0.0207. The number of aliphatic hydroxyl groups excluding tert-OH is 1. The number of hydrogen-bond donors (Lipinski definition) is 4. The Morgan fingerprint density at radius 2 is 1.05 bits per heavy atom. The van der Waals surface area contributed by atoms with Gasteiger partial charge in [-0.15, -0.1) is 0 Å². The minimum atomic E-state index is -4.77. The number of ether oxygens (including phenoxy) is 1. The standard InChI is InChI=1S/C43H70NO10P/c1-3-5-7-9-11-13-15-16-17-18-19-20-21-22-23-24-25-27-29-31-33-35-42(47)52-36-39(45)37-53-55(50,51)54-38-40(43(48)49)44-41(46)34-32-30-28-26-14-12-10-8-6-4-2/h5,7-8,10-11,13,16-17,19-20,22-23,25,27,39-40,45H,3-4,6,9,12,14-15,18,21,24,26,28-38H2,1-2H3,(H,44,46)(H,48,49)(H,50,51)/b7-5-,10-8-,13-11-,17-16-,20-19-,23-22-,27-25-. The van der Waals surface area contributed by atoms with Crippen LogP contribution in [0.25, 0.3) is 0 Å². The van der Waals surface area contributed by atoms with Crippen molar-refractivity contribution < 1.29 is 47.8 Å². The average molecular weight is 792 g/mol. The zero-order valence-electron chi connectivity index (χ0n) is 33.4. The third-order valence-corrected chi connectivity index (χ3v) is 8.85. The van der Waals surface area contributed by atoms with Crippen LogP contribution >= 0.6 is 7.82 Å². The van der Waals surface area contributed by atoms with Crippen molar-refractivity contribution >= 4 is 25.7 Å². The first-order valence-electron chi connectivity index (χ1n) is 20.1. The van der Waals surface area contributed by atoms with Gasteiger partial charge in [-0.3, -0.25) is 18.6 Å². The lowest BCUT2D eigenvalue weighted by molar-refractivity contribution is -0.147. The first kappa shape index (κ1) is 51.7. The van der Waals surface area contributed by atoms with E-state index in [-0.39, 0.29) is 12.8 Å². The smallest absolute Gasteiger partial charge is 0.472 e. The van der Waals surface area contributed by atoms with Crippen molar-refractivity contribution in [3.05, 3.63) is 85.1 Å². The van der Waals surface area contributed by atoms with E-state index in [1.54, 1.807) is 0 Å². The summed E-state index contributed by atoms with van der Waals surface area (Å²) in [4.78, 5) is 45.7. The molecule has 0 radical (unpaired) electrons. The molecule has 312 valence electrons. The van der Waals surface area contributed by atoms with Gasteiger partial charge < -0.3 is 25.2 Å². The summed E-state index contributed by atoms with van der Waals surface area (Å²) in [6.07, 6.45) is 44.9. The van der Waals surface area contributed by atoms with Crippen LogP contribution < -0.4 is 5.32 Å². The number of carbonyl (C=O) groups excluding carboxylic acids is 2. The maximum atomic E-state index is 12.2. The largest absolute Gasteiger partial charge is 0.480 e. The van der Waals surface area contributed by atoms with E-state index in [0.29, 0.717) is 12.8 Å². The van der Waals surface area contributed by atoms with Gasteiger partial charge in [0.05, 0.1) is 13.2 Å². The van der Waals surface area contributed by atoms with Gasteiger partial charge in [0.2, 0.25) is 5.91 Å². The Morgan fingerprint density at radius 3 is 1.62 bits per heavy atom. The molecule has 11 nitrogen and oxygen atoms in total. The van der Waals surface area contributed by atoms with Gasteiger partial charge >= 0.3 is 19.8 Å². The number of carboxylic acid groups (broad SMARTS) is 1. The van der Waals surface area contributed by atoms with Gasteiger partial charge in [0.1, 0.15) is 12.7 Å². The van der Waals surface area contributed by atoms with Crippen LogP contribution in [-0.2, 0) is 32.7 Å². The van der Waals surface area contributed by atoms with Crippen LogP contribution in [0.1, 0.15) is 136 Å². The van der Waals surface area contributed by atoms with E-state index in [0.717, 1.165) is 96.3 Å². The van der Waals surface area contributed by atoms with Crippen molar-refractivity contribution in [1.29, 1.82) is 0 Å². The van der Waals surface area contributed by atoms with Crippen molar-refractivity contribution in [2.75, 3.05) is 19.8 Å². The van der Waals surface area contributed by atoms with Gasteiger partial charge in [-0.1, -0.05) is 125 Å². The van der Waals surface area contributed by atoms with Crippen LogP contribution in [0.5, 0.6) is 0 Å². The number of amides is 1. The SMILES string of the molecule is CC/C=C\C/C=C\C/C=C\C/C=C\C/C=C\C/C=C\CCCCC(=O)OCC(O)COP(=O)(O)OCC(NC(=O)CCCCCCC/C=C\CCC)C(=O)O. The number of unbranched alkanes of at least 4 members (excludes halogenated alkanes) is 8. The van der Waals surface area contributed by atoms with Gasteiger partial charge in [0.15, 0.2) is 6.04 Å². The zero-order chi connectivity index (χ0) is 40.7. The Hall–Kier alpha value is -3.34. The monoisotopic (exact) mass is 791 g/mol. The molecule has 3 unspecified atom stereocenters. The number of phosphoric acid groups is 1. The first-order valence-corrected chi connectivity index (χ1v) is 21.6. The molecule has 0 heterocycles. The lowest BCUT2D eigenvalue weighted by Crippen LogP contribution is -2.43. The number of nitrogens with one attached hydrogen (secondary N) is 1. The molecular weight excluding hydrogens is 721 g/mol. The van der Waals surface area contributed by atoms with Crippen molar-refractivity contribution in [3.8, 4) is 0 Å². The predicted molar refractivity (Wildman–Crippen MR) is 221 cm³/mol. The predicted octanol–water partition coefficient (Wildman–Crippen LogP) is 9.94. The number of aliphatic carboxylic acids is 1. The molecule has 0 aliphatic carbocycles. The number of carbonyl (C=O) groups is 3. The van der Waals surface area contributed by atoms with E-state index in [9.17, 15) is 34.1 Å². The molecule has 0 saturated carbocycles. The summed E-state index contributed by atoms with van der Waals surface area (Å²) in [7, 11) is -4.77. The summed E-state index contributed by atoms with van der Waals surface area (Å²) in [5, 5.41) is 21.7. The van der Waals surface area contributed by atoms with E-state index in [1.165, 1.54) is 0 Å². The molecule has 55 heavy (non-hydrogen) atoms. The highest BCUT2D eigenvalue weighted by Gasteiger charge is 2.28. The number of phosphoric ester groups is 1. The third kappa shape index (κ3) is 37.4. The second kappa shape index (κ2) is 37.6. The van der Waals surface area contributed by atoms with Crippen LogP contribution in [0.3, 0.4) is 0 Å². The molecule has 0 aliphatic rings. The molecule has 0 aliphatic heterocycles. The summed E-state index contributed by atoms with van der Waals surface area (Å²) in [6.45, 7) is 2.32. The highest BCUT2D eigenvalue weighted by molar-refractivity contribution is 7.47. The third-order valence-electron chi connectivity index (χ3n) is 7.90. The number of allylic oxidation sites excluding steroid dienone is 14. The van der Waals surface area contributed by atoms with Crippen molar-refractivity contribution in [2.45, 2.75) is 148 Å². The van der Waals surface area contributed by atoms with Crippen LogP contribution in [0.4, 0.5) is 0 Å². The van der Waals surface area contributed by atoms with E-state index in [2.05, 4.69) is 104 Å². The summed E-state index contributed by atoms with van der Waals surface area (Å²) >= 11 is 0. The Bertz CT molecular complexity index is 1250. The molecule has 0 aromatic rings. The Labute approximate surface area is 331 Å². The molecule has 0 fully saturated rings. The van der Waals surface area contributed by atoms with E-state index in [4.69, 9.17) is 13.8 Å². The normalized spacial score (nSPS) is 14.7. The van der Waals surface area contributed by atoms with Crippen molar-refractivity contribution in [2.24, 2.45) is 0 Å². The summed E-state index contributed by atoms with van der Waals surface area (Å²) in [5.41, 5.74) is 0.